The molecule has 2 aliphatic rings. The Hall–Kier alpha value is -1.51. The number of hydrogen-bond acceptors (Lipinski definition) is 3. The van der Waals surface area contributed by atoms with Gasteiger partial charge in [-0.3, -0.25) is 9.79 Å². The zero-order valence-corrected chi connectivity index (χ0v) is 20.0. The third-order valence-electron chi connectivity index (χ3n) is 5.88. The van der Waals surface area contributed by atoms with Crippen LogP contribution in [0.3, 0.4) is 0 Å². The number of carbonyl (C=O) groups excluding carboxylic acids is 1. The van der Waals surface area contributed by atoms with E-state index in [9.17, 15) is 4.79 Å². The number of benzene rings is 1. The van der Waals surface area contributed by atoms with E-state index in [2.05, 4.69) is 32.7 Å². The number of nitrogens with one attached hydrogen (secondary N) is 2. The lowest BCUT2D eigenvalue weighted by molar-refractivity contribution is -0.135. The Kier molecular flexibility index (Phi) is 10.0. The van der Waals surface area contributed by atoms with Gasteiger partial charge in [-0.1, -0.05) is 31.4 Å². The Labute approximate surface area is 191 Å². The number of aliphatic imine (C=N–C) groups is 1. The SMILES string of the molecule is CN=C(NCCc1ccc(OC)cc1)NC1CCN(C(=O)C2CCCCC2)C1.I. The van der Waals surface area contributed by atoms with Crippen molar-refractivity contribution in [1.82, 2.24) is 15.5 Å². The van der Waals surface area contributed by atoms with Crippen LogP contribution < -0.4 is 15.4 Å². The number of likely N-dealkylation sites (tertiary alicyclic amines) is 1. The first kappa shape index (κ1) is 23.8. The van der Waals surface area contributed by atoms with Crippen molar-refractivity contribution in [3.63, 3.8) is 0 Å². The fourth-order valence-electron chi connectivity index (χ4n) is 4.19. The molecule has 1 saturated carbocycles. The molecule has 1 aliphatic heterocycles. The molecule has 0 spiro atoms. The van der Waals surface area contributed by atoms with E-state index in [1.807, 2.05) is 12.1 Å². The number of methoxy groups -OCH3 is 1. The summed E-state index contributed by atoms with van der Waals surface area (Å²) in [7, 11) is 3.47. The monoisotopic (exact) mass is 514 g/mol. The van der Waals surface area contributed by atoms with E-state index in [-0.39, 0.29) is 35.9 Å². The maximum absolute atomic E-state index is 12.7. The summed E-state index contributed by atoms with van der Waals surface area (Å²) in [6.45, 7) is 2.45. The Morgan fingerprint density at radius 1 is 1.17 bits per heavy atom. The topological polar surface area (TPSA) is 66.0 Å². The van der Waals surface area contributed by atoms with Crippen molar-refractivity contribution in [2.45, 2.75) is 51.0 Å². The second kappa shape index (κ2) is 12.2. The number of nitrogens with zero attached hydrogens (tertiary/aromatic N) is 2. The van der Waals surface area contributed by atoms with Gasteiger partial charge in [0.05, 0.1) is 7.11 Å². The standard InChI is InChI=1S/C22H34N4O2.HI/c1-23-22(24-14-12-17-8-10-20(28-2)11-9-17)25-19-13-15-26(16-19)21(27)18-6-4-3-5-7-18;/h8-11,18-19H,3-7,12-16H2,1-2H3,(H2,23,24,25);1H. The van der Waals surface area contributed by atoms with Gasteiger partial charge in [-0.05, 0) is 43.4 Å². The molecule has 3 rings (SSSR count). The van der Waals surface area contributed by atoms with Crippen LogP contribution in [0.15, 0.2) is 29.3 Å². The molecule has 0 bridgehead atoms. The molecule has 1 aliphatic carbocycles. The van der Waals surface area contributed by atoms with Crippen LogP contribution in [-0.2, 0) is 11.2 Å². The molecule has 2 fully saturated rings. The van der Waals surface area contributed by atoms with E-state index in [1.54, 1.807) is 14.2 Å². The molecule has 2 N–H and O–H groups in total. The fraction of sp³-hybridized carbons (Fsp3) is 0.636. The molecule has 1 unspecified atom stereocenters. The van der Waals surface area contributed by atoms with Crippen LogP contribution in [0.1, 0.15) is 44.1 Å². The van der Waals surface area contributed by atoms with Crippen molar-refractivity contribution in [3.8, 4) is 5.75 Å². The normalized spacial score (nSPS) is 20.1. The van der Waals surface area contributed by atoms with Crippen LogP contribution in [0.2, 0.25) is 0 Å². The van der Waals surface area contributed by atoms with Gasteiger partial charge in [0.2, 0.25) is 5.91 Å². The van der Waals surface area contributed by atoms with Crippen molar-refractivity contribution >= 4 is 35.8 Å². The molecule has 1 amide bonds. The molecule has 1 aromatic rings. The minimum atomic E-state index is 0. The number of ether oxygens (including phenoxy) is 1. The minimum Gasteiger partial charge on any atom is -0.497 e. The van der Waals surface area contributed by atoms with Crippen LogP contribution in [0.5, 0.6) is 5.75 Å². The lowest BCUT2D eigenvalue weighted by Gasteiger charge is -2.26. The molecule has 1 saturated heterocycles. The molecule has 7 heteroatoms. The molecule has 1 atom stereocenters. The Morgan fingerprint density at radius 3 is 2.55 bits per heavy atom. The van der Waals surface area contributed by atoms with Gasteiger partial charge in [0.25, 0.3) is 0 Å². The molecule has 1 heterocycles. The highest BCUT2D eigenvalue weighted by molar-refractivity contribution is 14.0. The summed E-state index contributed by atoms with van der Waals surface area (Å²) < 4.78 is 5.19. The minimum absolute atomic E-state index is 0. The van der Waals surface area contributed by atoms with Crippen LogP contribution in [-0.4, -0.2) is 56.6 Å². The molecule has 0 radical (unpaired) electrons. The third kappa shape index (κ3) is 7.04. The van der Waals surface area contributed by atoms with Gasteiger partial charge in [0.1, 0.15) is 5.75 Å². The quantitative estimate of drug-likeness (QED) is 0.348. The lowest BCUT2D eigenvalue weighted by atomic mass is 9.88. The Morgan fingerprint density at radius 2 is 1.90 bits per heavy atom. The summed E-state index contributed by atoms with van der Waals surface area (Å²) >= 11 is 0. The van der Waals surface area contributed by atoms with E-state index in [4.69, 9.17) is 4.74 Å². The highest BCUT2D eigenvalue weighted by Crippen LogP contribution is 2.26. The van der Waals surface area contributed by atoms with Crippen molar-refractivity contribution in [2.24, 2.45) is 10.9 Å². The van der Waals surface area contributed by atoms with E-state index in [1.165, 1.54) is 24.8 Å². The Bertz CT molecular complexity index is 659. The van der Waals surface area contributed by atoms with E-state index in [0.29, 0.717) is 5.91 Å². The average molecular weight is 514 g/mol. The van der Waals surface area contributed by atoms with Crippen LogP contribution in [0.25, 0.3) is 0 Å². The number of halogens is 1. The fourth-order valence-corrected chi connectivity index (χ4v) is 4.19. The largest absolute Gasteiger partial charge is 0.497 e. The maximum atomic E-state index is 12.7. The van der Waals surface area contributed by atoms with Crippen LogP contribution in [0.4, 0.5) is 0 Å². The molecule has 29 heavy (non-hydrogen) atoms. The van der Waals surface area contributed by atoms with Crippen LogP contribution >= 0.6 is 24.0 Å². The van der Waals surface area contributed by atoms with E-state index >= 15 is 0 Å². The summed E-state index contributed by atoms with van der Waals surface area (Å²) in [5, 5.41) is 6.87. The predicted molar refractivity (Wildman–Crippen MR) is 128 cm³/mol. The number of rotatable bonds is 6. The third-order valence-corrected chi connectivity index (χ3v) is 5.88. The van der Waals surface area contributed by atoms with E-state index in [0.717, 1.165) is 57.0 Å². The summed E-state index contributed by atoms with van der Waals surface area (Å²) in [4.78, 5) is 19.1. The van der Waals surface area contributed by atoms with Crippen molar-refractivity contribution in [1.29, 1.82) is 0 Å². The van der Waals surface area contributed by atoms with Gasteiger partial charge in [-0.2, -0.15) is 0 Å². The number of hydrogen-bond donors (Lipinski definition) is 2. The first-order chi connectivity index (χ1) is 13.7. The average Bonchev–Trinajstić information content (AvgIpc) is 3.22. The molecular weight excluding hydrogens is 479 g/mol. The van der Waals surface area contributed by atoms with Gasteiger partial charge >= 0.3 is 0 Å². The molecule has 162 valence electrons. The Balaban J connectivity index is 0.00000300. The first-order valence-corrected chi connectivity index (χ1v) is 10.6. The highest BCUT2D eigenvalue weighted by atomic mass is 127. The number of amides is 1. The molecule has 6 nitrogen and oxygen atoms in total. The summed E-state index contributed by atoms with van der Waals surface area (Å²) in [5.41, 5.74) is 1.26. The van der Waals surface area contributed by atoms with Crippen LogP contribution in [0, 0.1) is 5.92 Å². The molecule has 1 aromatic carbocycles. The zero-order valence-electron chi connectivity index (χ0n) is 17.7. The van der Waals surface area contributed by atoms with Crippen molar-refractivity contribution in [2.75, 3.05) is 33.8 Å². The molecular formula is C22H35IN4O2. The summed E-state index contributed by atoms with van der Waals surface area (Å²) in [6, 6.07) is 8.42. The van der Waals surface area contributed by atoms with Crippen molar-refractivity contribution < 1.29 is 9.53 Å². The number of carbonyl (C=O) groups is 1. The summed E-state index contributed by atoms with van der Waals surface area (Å²) in [6.07, 6.45) is 7.74. The smallest absolute Gasteiger partial charge is 0.225 e. The number of guanidine groups is 1. The van der Waals surface area contributed by atoms with Gasteiger partial charge in [0.15, 0.2) is 5.96 Å². The molecule has 0 aromatic heterocycles. The zero-order chi connectivity index (χ0) is 19.8. The maximum Gasteiger partial charge on any atom is 0.225 e. The van der Waals surface area contributed by atoms with Gasteiger partial charge < -0.3 is 20.3 Å². The second-order valence-corrected chi connectivity index (χ2v) is 7.85. The highest BCUT2D eigenvalue weighted by Gasteiger charge is 2.31. The lowest BCUT2D eigenvalue weighted by Crippen LogP contribution is -2.46. The van der Waals surface area contributed by atoms with Gasteiger partial charge in [-0.25, -0.2) is 0 Å². The van der Waals surface area contributed by atoms with Gasteiger partial charge in [0, 0.05) is 38.6 Å². The first-order valence-electron chi connectivity index (χ1n) is 10.6. The summed E-state index contributed by atoms with van der Waals surface area (Å²) in [5.74, 6) is 2.31. The van der Waals surface area contributed by atoms with Gasteiger partial charge in [-0.15, -0.1) is 24.0 Å². The van der Waals surface area contributed by atoms with Crippen molar-refractivity contribution in [3.05, 3.63) is 29.8 Å². The second-order valence-electron chi connectivity index (χ2n) is 7.85. The predicted octanol–water partition coefficient (Wildman–Crippen LogP) is 3.20. The van der Waals surface area contributed by atoms with E-state index < -0.39 is 0 Å².